The first-order valence-electron chi connectivity index (χ1n) is 13.9. The number of nitrogens with one attached hydrogen (secondary N) is 1. The van der Waals surface area contributed by atoms with Gasteiger partial charge >= 0.3 is 0 Å². The quantitative estimate of drug-likeness (QED) is 0.213. The summed E-state index contributed by atoms with van der Waals surface area (Å²) >= 11 is 4.91. The summed E-state index contributed by atoms with van der Waals surface area (Å²) in [7, 11) is 1.60. The number of hydrogen-bond donors (Lipinski definition) is 1. The zero-order chi connectivity index (χ0) is 30.6. The normalized spacial score (nSPS) is 14.5. The van der Waals surface area contributed by atoms with Crippen LogP contribution in [0.5, 0.6) is 11.5 Å². The molecule has 1 aromatic heterocycles. The fourth-order valence-electron chi connectivity index (χ4n) is 5.04. The van der Waals surface area contributed by atoms with Gasteiger partial charge in [-0.3, -0.25) is 14.2 Å². The molecule has 6 rings (SSSR count). The van der Waals surface area contributed by atoms with Gasteiger partial charge in [-0.2, -0.15) is 0 Å². The van der Waals surface area contributed by atoms with E-state index >= 15 is 0 Å². The van der Waals surface area contributed by atoms with E-state index in [1.165, 1.54) is 11.3 Å². The summed E-state index contributed by atoms with van der Waals surface area (Å²) in [6, 6.07) is 31.6. The van der Waals surface area contributed by atoms with Gasteiger partial charge in [0.2, 0.25) is 0 Å². The molecule has 4 aromatic carbocycles. The number of anilines is 1. The number of fused-ring (bicyclic) bond motifs is 1. The van der Waals surface area contributed by atoms with Crippen LogP contribution in [0, 0.1) is 0 Å². The Balaban J connectivity index is 1.38. The van der Waals surface area contributed by atoms with Crippen LogP contribution < -0.4 is 29.7 Å². The second-order valence-corrected chi connectivity index (χ2v) is 12.0. The number of para-hydroxylation sites is 1. The molecule has 1 amide bonds. The number of thiazole rings is 1. The molecule has 5 aromatic rings. The third-order valence-electron chi connectivity index (χ3n) is 7.22. The van der Waals surface area contributed by atoms with Crippen molar-refractivity contribution in [3.63, 3.8) is 0 Å². The minimum absolute atomic E-state index is 0.229. The van der Waals surface area contributed by atoms with Crippen molar-refractivity contribution >= 4 is 44.9 Å². The number of carbonyl (C=O) groups is 1. The molecule has 0 unspecified atom stereocenters. The van der Waals surface area contributed by atoms with Crippen LogP contribution >= 0.6 is 27.3 Å². The van der Waals surface area contributed by atoms with E-state index < -0.39 is 6.04 Å². The largest absolute Gasteiger partial charge is 0.497 e. The Bertz CT molecular complexity index is 2040. The van der Waals surface area contributed by atoms with Gasteiger partial charge in [0.05, 0.1) is 33.4 Å². The molecule has 7 nitrogen and oxygen atoms in total. The molecule has 1 aliphatic rings. The van der Waals surface area contributed by atoms with Crippen molar-refractivity contribution in [2.24, 2.45) is 4.99 Å². The molecule has 44 heavy (non-hydrogen) atoms. The predicted molar refractivity (Wildman–Crippen MR) is 177 cm³/mol. The average molecular weight is 667 g/mol. The molecule has 1 atom stereocenters. The smallest absolute Gasteiger partial charge is 0.271 e. The van der Waals surface area contributed by atoms with E-state index in [4.69, 9.17) is 14.5 Å². The van der Waals surface area contributed by atoms with E-state index in [1.54, 1.807) is 18.6 Å². The maximum atomic E-state index is 14.0. The van der Waals surface area contributed by atoms with Crippen molar-refractivity contribution in [2.45, 2.75) is 19.6 Å². The number of methoxy groups -OCH3 is 1. The minimum Gasteiger partial charge on any atom is -0.497 e. The number of ether oxygens (including phenoxy) is 2. The van der Waals surface area contributed by atoms with Crippen molar-refractivity contribution in [1.29, 1.82) is 0 Å². The average Bonchev–Trinajstić information content (AvgIpc) is 3.34. The minimum atomic E-state index is -0.677. The number of rotatable bonds is 8. The summed E-state index contributed by atoms with van der Waals surface area (Å²) in [5.41, 5.74) is 4.05. The third kappa shape index (κ3) is 6.15. The zero-order valence-electron chi connectivity index (χ0n) is 24.0. The first-order chi connectivity index (χ1) is 21.4. The number of benzene rings is 4. The Kier molecular flexibility index (Phi) is 8.58. The third-order valence-corrected chi connectivity index (χ3v) is 8.82. The molecule has 0 spiro atoms. The predicted octanol–water partition coefficient (Wildman–Crippen LogP) is 6.22. The van der Waals surface area contributed by atoms with Crippen LogP contribution in [-0.4, -0.2) is 17.6 Å². The summed E-state index contributed by atoms with van der Waals surface area (Å²) in [4.78, 5) is 33.0. The van der Waals surface area contributed by atoms with Crippen molar-refractivity contribution < 1.29 is 14.3 Å². The van der Waals surface area contributed by atoms with E-state index in [-0.39, 0.29) is 11.5 Å². The fraction of sp³-hybridized carbons (Fsp3) is 0.114. The zero-order valence-corrected chi connectivity index (χ0v) is 26.4. The number of halogens is 1. The Morgan fingerprint density at radius 1 is 1.00 bits per heavy atom. The molecule has 220 valence electrons. The molecular weight excluding hydrogens is 638 g/mol. The Labute approximate surface area is 266 Å². The highest BCUT2D eigenvalue weighted by atomic mass is 79.9. The molecule has 9 heteroatoms. The lowest BCUT2D eigenvalue weighted by Crippen LogP contribution is -2.40. The maximum absolute atomic E-state index is 14.0. The maximum Gasteiger partial charge on any atom is 0.271 e. The summed E-state index contributed by atoms with van der Waals surface area (Å²) in [5.74, 6) is 1.07. The van der Waals surface area contributed by atoms with Gasteiger partial charge in [0.25, 0.3) is 11.5 Å². The molecule has 1 aliphatic heterocycles. The summed E-state index contributed by atoms with van der Waals surface area (Å²) < 4.78 is 14.2. The van der Waals surface area contributed by atoms with Gasteiger partial charge < -0.3 is 14.8 Å². The molecule has 2 heterocycles. The molecule has 0 aliphatic carbocycles. The fourth-order valence-corrected chi connectivity index (χ4v) is 6.60. The van der Waals surface area contributed by atoms with Crippen LogP contribution in [0.1, 0.15) is 29.7 Å². The van der Waals surface area contributed by atoms with Crippen LogP contribution in [0.3, 0.4) is 0 Å². The lowest BCUT2D eigenvalue weighted by Gasteiger charge is -2.25. The number of allylic oxidation sites excluding steroid dienone is 1. The highest BCUT2D eigenvalue weighted by Gasteiger charge is 2.32. The highest BCUT2D eigenvalue weighted by molar-refractivity contribution is 9.10. The summed E-state index contributed by atoms with van der Waals surface area (Å²) in [6.45, 7) is 2.25. The second kappa shape index (κ2) is 12.9. The van der Waals surface area contributed by atoms with Crippen LogP contribution in [-0.2, 0) is 11.4 Å². The molecule has 0 saturated carbocycles. The van der Waals surface area contributed by atoms with Gasteiger partial charge in [-0.15, -0.1) is 0 Å². The van der Waals surface area contributed by atoms with Gasteiger partial charge in [-0.25, -0.2) is 4.99 Å². The molecule has 0 bridgehead atoms. The van der Waals surface area contributed by atoms with Crippen molar-refractivity contribution in [2.75, 3.05) is 12.4 Å². The van der Waals surface area contributed by atoms with Crippen molar-refractivity contribution in [3.05, 3.63) is 155 Å². The molecule has 1 N–H and O–H groups in total. The van der Waals surface area contributed by atoms with Gasteiger partial charge in [0.15, 0.2) is 4.80 Å². The van der Waals surface area contributed by atoms with Crippen LogP contribution in [0.4, 0.5) is 5.69 Å². The number of hydrogen-bond acceptors (Lipinski definition) is 6. The van der Waals surface area contributed by atoms with Crippen LogP contribution in [0.15, 0.2) is 129 Å². The number of carbonyl (C=O) groups excluding carboxylic acids is 1. The van der Waals surface area contributed by atoms with Crippen LogP contribution in [0.25, 0.3) is 6.08 Å². The van der Waals surface area contributed by atoms with E-state index in [9.17, 15) is 9.59 Å². The molecule has 0 saturated heterocycles. The lowest BCUT2D eigenvalue weighted by atomic mass is 9.95. The topological polar surface area (TPSA) is 81.9 Å². The second-order valence-electron chi connectivity index (χ2n) is 10.1. The Morgan fingerprint density at radius 3 is 2.39 bits per heavy atom. The van der Waals surface area contributed by atoms with E-state index in [2.05, 4.69) is 21.2 Å². The Hall–Kier alpha value is -4.73. The van der Waals surface area contributed by atoms with E-state index in [1.807, 2.05) is 109 Å². The molecule has 0 radical (unpaired) electrons. The van der Waals surface area contributed by atoms with Crippen molar-refractivity contribution in [3.8, 4) is 11.5 Å². The van der Waals surface area contributed by atoms with Gasteiger partial charge in [-0.05, 0) is 82.0 Å². The first kappa shape index (κ1) is 29.3. The standard InChI is InChI=1S/C35H28BrN3O4S/c1-22-31(33(40)38-26-11-7-4-8-12-26)32(25-14-16-27(42-2)17-15-25)39-34(41)30(44-35(39)37-22)20-24-13-18-29(28(36)19-24)43-21-23-9-5-3-6-10-23/h3-20,32H,21H2,1-2H3,(H,38,40)/b30-20+/t32-/m0/s1. The Morgan fingerprint density at radius 2 is 1.70 bits per heavy atom. The molecular formula is C35H28BrN3O4S. The van der Waals surface area contributed by atoms with Crippen LogP contribution in [0.2, 0.25) is 0 Å². The van der Waals surface area contributed by atoms with E-state index in [0.29, 0.717) is 44.4 Å². The number of nitrogens with zero attached hydrogens (tertiary/aromatic N) is 2. The van der Waals surface area contributed by atoms with Gasteiger partial charge in [0.1, 0.15) is 18.1 Å². The van der Waals surface area contributed by atoms with Crippen molar-refractivity contribution in [1.82, 2.24) is 4.57 Å². The highest BCUT2D eigenvalue weighted by Crippen LogP contribution is 2.32. The lowest BCUT2D eigenvalue weighted by molar-refractivity contribution is -0.113. The molecule has 0 fully saturated rings. The summed E-state index contributed by atoms with van der Waals surface area (Å²) in [6.07, 6.45) is 1.84. The van der Waals surface area contributed by atoms with Gasteiger partial charge in [0, 0.05) is 5.69 Å². The first-order valence-corrected chi connectivity index (χ1v) is 15.5. The van der Waals surface area contributed by atoms with Gasteiger partial charge in [-0.1, -0.05) is 78.1 Å². The monoisotopic (exact) mass is 665 g/mol. The van der Waals surface area contributed by atoms with E-state index in [0.717, 1.165) is 21.2 Å². The number of amides is 1. The SMILES string of the molecule is COc1ccc([C@H]2C(C(=O)Nc3ccccc3)=C(C)N=c3s/c(=C/c4ccc(OCc5ccccc5)c(Br)c4)c(=O)n32)cc1. The summed E-state index contributed by atoms with van der Waals surface area (Å²) in [5, 5.41) is 2.98. The number of aromatic nitrogens is 1.